The lowest BCUT2D eigenvalue weighted by Crippen LogP contribution is -2.38. The fourth-order valence-electron chi connectivity index (χ4n) is 2.84. The van der Waals surface area contributed by atoms with Gasteiger partial charge in [-0.2, -0.15) is 0 Å². The number of hydrogen-bond donors (Lipinski definition) is 0. The number of ether oxygens (including phenoxy) is 1. The van der Waals surface area contributed by atoms with Gasteiger partial charge in [0.15, 0.2) is 5.76 Å². The third-order valence-corrected chi connectivity index (χ3v) is 4.61. The van der Waals surface area contributed by atoms with Crippen LogP contribution in [0.4, 0.5) is 0 Å². The molecule has 24 heavy (non-hydrogen) atoms. The number of halogens is 2. The van der Waals surface area contributed by atoms with E-state index in [1.807, 2.05) is 4.90 Å². The van der Waals surface area contributed by atoms with Gasteiger partial charge in [0.25, 0.3) is 5.91 Å². The number of furan rings is 1. The summed E-state index contributed by atoms with van der Waals surface area (Å²) in [6.07, 6.45) is 2.21. The molecule has 4 nitrogen and oxygen atoms in total. The van der Waals surface area contributed by atoms with E-state index in [2.05, 4.69) is 6.92 Å². The van der Waals surface area contributed by atoms with Crippen molar-refractivity contribution < 1.29 is 13.9 Å². The van der Waals surface area contributed by atoms with E-state index in [0.29, 0.717) is 33.2 Å². The first-order valence-electron chi connectivity index (χ1n) is 7.99. The second-order valence-electron chi connectivity index (χ2n) is 6.13. The summed E-state index contributed by atoms with van der Waals surface area (Å²) in [7, 11) is 0. The minimum Gasteiger partial charge on any atom is -0.484 e. The Hall–Kier alpha value is -1.65. The number of hydrogen-bond acceptors (Lipinski definition) is 3. The van der Waals surface area contributed by atoms with Gasteiger partial charge in [-0.25, -0.2) is 0 Å². The van der Waals surface area contributed by atoms with Gasteiger partial charge in [-0.3, -0.25) is 4.79 Å². The minimum absolute atomic E-state index is 0.0580. The Morgan fingerprint density at radius 3 is 2.92 bits per heavy atom. The summed E-state index contributed by atoms with van der Waals surface area (Å²) in [5.74, 6) is 1.93. The summed E-state index contributed by atoms with van der Waals surface area (Å²) < 4.78 is 11.3. The van der Waals surface area contributed by atoms with Crippen molar-refractivity contribution in [1.82, 2.24) is 4.90 Å². The third-order valence-electron chi connectivity index (χ3n) is 4.08. The molecule has 0 radical (unpaired) electrons. The predicted molar refractivity (Wildman–Crippen MR) is 93.8 cm³/mol. The fourth-order valence-corrected chi connectivity index (χ4v) is 3.30. The molecule has 0 N–H and O–H groups in total. The van der Waals surface area contributed by atoms with Crippen LogP contribution in [-0.2, 0) is 6.61 Å². The highest BCUT2D eigenvalue weighted by Gasteiger charge is 2.24. The second kappa shape index (κ2) is 7.49. The molecule has 0 aliphatic carbocycles. The van der Waals surface area contributed by atoms with Crippen molar-refractivity contribution in [3.63, 3.8) is 0 Å². The topological polar surface area (TPSA) is 42.7 Å². The Labute approximate surface area is 151 Å². The van der Waals surface area contributed by atoms with E-state index in [9.17, 15) is 4.79 Å². The smallest absolute Gasteiger partial charge is 0.289 e. The first-order valence-corrected chi connectivity index (χ1v) is 8.74. The molecule has 1 unspecified atom stereocenters. The van der Waals surface area contributed by atoms with Gasteiger partial charge in [0.1, 0.15) is 18.1 Å². The van der Waals surface area contributed by atoms with Crippen LogP contribution in [0.15, 0.2) is 34.7 Å². The van der Waals surface area contributed by atoms with Crippen LogP contribution < -0.4 is 4.74 Å². The van der Waals surface area contributed by atoms with Gasteiger partial charge in [0.05, 0.1) is 5.02 Å². The highest BCUT2D eigenvalue weighted by atomic mass is 35.5. The lowest BCUT2D eigenvalue weighted by Gasteiger charge is -2.30. The van der Waals surface area contributed by atoms with Gasteiger partial charge >= 0.3 is 0 Å². The van der Waals surface area contributed by atoms with Crippen molar-refractivity contribution in [3.8, 4) is 5.75 Å². The Bertz CT molecular complexity index is 729. The molecule has 1 aliphatic rings. The largest absolute Gasteiger partial charge is 0.484 e. The minimum atomic E-state index is -0.0580. The molecular formula is C18H19Cl2NO3. The molecule has 6 heteroatoms. The number of nitrogens with zero attached hydrogens (tertiary/aromatic N) is 1. The first kappa shape index (κ1) is 17.2. The van der Waals surface area contributed by atoms with E-state index in [-0.39, 0.29) is 12.5 Å². The van der Waals surface area contributed by atoms with Crippen LogP contribution in [0.1, 0.15) is 36.1 Å². The van der Waals surface area contributed by atoms with Crippen LogP contribution in [0.5, 0.6) is 5.75 Å². The SMILES string of the molecule is CC1CCCN(C(=O)c2ccc(COc3ccc(Cl)cc3Cl)o2)C1. The zero-order valence-corrected chi connectivity index (χ0v) is 14.9. The molecule has 128 valence electrons. The average Bonchev–Trinajstić information content (AvgIpc) is 3.02. The molecule has 1 fully saturated rings. The summed E-state index contributed by atoms with van der Waals surface area (Å²) in [5, 5.41) is 0.988. The Morgan fingerprint density at radius 2 is 2.17 bits per heavy atom. The molecule has 2 heterocycles. The number of benzene rings is 1. The quantitative estimate of drug-likeness (QED) is 0.760. The Balaban J connectivity index is 1.62. The van der Waals surface area contributed by atoms with E-state index in [4.69, 9.17) is 32.4 Å². The van der Waals surface area contributed by atoms with Crippen LogP contribution in [0, 0.1) is 5.92 Å². The number of carbonyl (C=O) groups is 1. The van der Waals surface area contributed by atoms with Gasteiger partial charge in [-0.1, -0.05) is 30.1 Å². The van der Waals surface area contributed by atoms with Crippen molar-refractivity contribution in [2.75, 3.05) is 13.1 Å². The monoisotopic (exact) mass is 367 g/mol. The Kier molecular flexibility index (Phi) is 5.36. The van der Waals surface area contributed by atoms with Gasteiger partial charge in [0, 0.05) is 18.1 Å². The van der Waals surface area contributed by atoms with Crippen molar-refractivity contribution in [3.05, 3.63) is 51.9 Å². The third kappa shape index (κ3) is 4.05. The van der Waals surface area contributed by atoms with E-state index < -0.39 is 0 Å². The molecule has 1 aromatic heterocycles. The normalized spacial score (nSPS) is 17.8. The van der Waals surface area contributed by atoms with E-state index in [0.717, 1.165) is 19.5 Å². The zero-order valence-electron chi connectivity index (χ0n) is 13.4. The summed E-state index contributed by atoms with van der Waals surface area (Å²) in [4.78, 5) is 14.3. The van der Waals surface area contributed by atoms with Crippen molar-refractivity contribution in [1.29, 1.82) is 0 Å². The molecule has 1 saturated heterocycles. The van der Waals surface area contributed by atoms with E-state index in [1.54, 1.807) is 30.3 Å². The molecule has 1 aromatic carbocycles. The standard InChI is InChI=1S/C18H19Cl2NO3/c1-12-3-2-8-21(10-12)18(22)17-7-5-14(24-17)11-23-16-6-4-13(19)9-15(16)20/h4-7,9,12H,2-3,8,10-11H2,1H3. The molecule has 1 amide bonds. The lowest BCUT2D eigenvalue weighted by molar-refractivity contribution is 0.0647. The maximum atomic E-state index is 12.5. The van der Waals surface area contributed by atoms with Crippen LogP contribution in [0.2, 0.25) is 10.0 Å². The van der Waals surface area contributed by atoms with Crippen LogP contribution in [0.3, 0.4) is 0 Å². The van der Waals surface area contributed by atoms with Gasteiger partial charge in [0.2, 0.25) is 0 Å². The fraction of sp³-hybridized carbons (Fsp3) is 0.389. The highest BCUT2D eigenvalue weighted by Crippen LogP contribution is 2.28. The molecular weight excluding hydrogens is 349 g/mol. The van der Waals surface area contributed by atoms with E-state index in [1.165, 1.54) is 6.42 Å². The van der Waals surface area contributed by atoms with E-state index >= 15 is 0 Å². The molecule has 0 saturated carbocycles. The number of likely N-dealkylation sites (tertiary alicyclic amines) is 1. The van der Waals surface area contributed by atoms with Crippen LogP contribution in [-0.4, -0.2) is 23.9 Å². The molecule has 0 bridgehead atoms. The molecule has 0 spiro atoms. The lowest BCUT2D eigenvalue weighted by atomic mass is 10.0. The second-order valence-corrected chi connectivity index (χ2v) is 6.97. The number of piperidine rings is 1. The van der Waals surface area contributed by atoms with Gasteiger partial charge < -0.3 is 14.1 Å². The van der Waals surface area contributed by atoms with Gasteiger partial charge in [-0.05, 0) is 49.1 Å². The summed E-state index contributed by atoms with van der Waals surface area (Å²) in [5.41, 5.74) is 0. The zero-order chi connectivity index (χ0) is 17.1. The molecule has 1 atom stereocenters. The Morgan fingerprint density at radius 1 is 1.33 bits per heavy atom. The number of amides is 1. The van der Waals surface area contributed by atoms with Crippen molar-refractivity contribution in [2.24, 2.45) is 5.92 Å². The summed E-state index contributed by atoms with van der Waals surface area (Å²) in [6.45, 7) is 3.93. The predicted octanol–water partition coefficient (Wildman–Crippen LogP) is 5.04. The van der Waals surface area contributed by atoms with Crippen LogP contribution >= 0.6 is 23.2 Å². The van der Waals surface area contributed by atoms with Crippen LogP contribution in [0.25, 0.3) is 0 Å². The number of carbonyl (C=O) groups excluding carboxylic acids is 1. The molecule has 1 aliphatic heterocycles. The highest BCUT2D eigenvalue weighted by molar-refractivity contribution is 6.35. The van der Waals surface area contributed by atoms with Crippen molar-refractivity contribution >= 4 is 29.1 Å². The average molecular weight is 368 g/mol. The number of rotatable bonds is 4. The maximum Gasteiger partial charge on any atom is 0.289 e. The van der Waals surface area contributed by atoms with Crippen molar-refractivity contribution in [2.45, 2.75) is 26.4 Å². The maximum absolute atomic E-state index is 12.5. The van der Waals surface area contributed by atoms with Gasteiger partial charge in [-0.15, -0.1) is 0 Å². The molecule has 2 aromatic rings. The summed E-state index contributed by atoms with van der Waals surface area (Å²) in [6, 6.07) is 8.48. The molecule has 3 rings (SSSR count). The first-order chi connectivity index (χ1) is 11.5. The summed E-state index contributed by atoms with van der Waals surface area (Å²) >= 11 is 11.9.